The third kappa shape index (κ3) is 3.71. The van der Waals surface area contributed by atoms with E-state index >= 15 is 0 Å². The van der Waals surface area contributed by atoms with E-state index in [0.717, 1.165) is 8.78 Å². The average molecular weight is 336 g/mol. The lowest BCUT2D eigenvalue weighted by molar-refractivity contribution is -0.138. The van der Waals surface area contributed by atoms with Crippen molar-refractivity contribution in [2.75, 3.05) is 23.7 Å². The van der Waals surface area contributed by atoms with Crippen LogP contribution < -0.4 is 4.31 Å². The highest BCUT2D eigenvalue weighted by Crippen LogP contribution is 2.22. The second-order valence-corrected chi connectivity index (χ2v) is 6.56. The Morgan fingerprint density at radius 2 is 2.11 bits per heavy atom. The molecular weight excluding hydrogens is 322 g/mol. The van der Waals surface area contributed by atoms with Crippen molar-refractivity contribution in [3.05, 3.63) is 28.7 Å². The van der Waals surface area contributed by atoms with Gasteiger partial charge in [-0.25, -0.2) is 8.42 Å². The van der Waals surface area contributed by atoms with E-state index < -0.39 is 16.0 Å². The lowest BCUT2D eigenvalue weighted by atomic mass is 10.3. The Morgan fingerprint density at radius 1 is 1.44 bits per heavy atom. The summed E-state index contributed by atoms with van der Waals surface area (Å²) in [7, 11) is -2.30. The van der Waals surface area contributed by atoms with Crippen molar-refractivity contribution in [1.82, 2.24) is 0 Å². The summed E-state index contributed by atoms with van der Waals surface area (Å²) in [5.41, 5.74) is 0.427. The molecule has 0 aliphatic carbocycles. The molecule has 0 fully saturated rings. The summed E-state index contributed by atoms with van der Waals surface area (Å²) in [4.78, 5) is 11.3. The number of hydrogen-bond donors (Lipinski definition) is 0. The molecule has 0 saturated heterocycles. The molecule has 100 valence electrons. The monoisotopic (exact) mass is 335 g/mol. The lowest BCUT2D eigenvalue weighted by Crippen LogP contribution is -2.37. The Balaban J connectivity index is 3.17. The van der Waals surface area contributed by atoms with Crippen LogP contribution in [0.2, 0.25) is 0 Å². The molecule has 1 aromatic rings. The Bertz CT molecular complexity index is 530. The molecule has 0 aliphatic rings. The first-order valence-corrected chi connectivity index (χ1v) is 7.63. The number of benzene rings is 1. The van der Waals surface area contributed by atoms with Crippen molar-refractivity contribution in [3.8, 4) is 0 Å². The van der Waals surface area contributed by atoms with Crippen LogP contribution in [0.4, 0.5) is 5.69 Å². The molecule has 1 aromatic carbocycles. The molecule has 0 N–H and O–H groups in total. The molecule has 0 radical (unpaired) electrons. The van der Waals surface area contributed by atoms with Gasteiger partial charge in [0.2, 0.25) is 10.0 Å². The van der Waals surface area contributed by atoms with E-state index in [0.29, 0.717) is 5.69 Å². The van der Waals surface area contributed by atoms with Gasteiger partial charge in [0.05, 0.1) is 18.6 Å². The number of carbonyl (C=O) groups excluding carboxylic acids is 1. The number of anilines is 1. The van der Waals surface area contributed by atoms with Crippen LogP contribution in [0, 0.1) is 0 Å². The van der Waals surface area contributed by atoms with E-state index in [4.69, 9.17) is 0 Å². The quantitative estimate of drug-likeness (QED) is 0.769. The van der Waals surface area contributed by atoms with E-state index in [1.54, 1.807) is 24.3 Å². The van der Waals surface area contributed by atoms with Crippen molar-refractivity contribution in [2.45, 2.75) is 6.92 Å². The zero-order chi connectivity index (χ0) is 13.8. The number of carbonyl (C=O) groups is 1. The minimum Gasteiger partial charge on any atom is -0.468 e. The van der Waals surface area contributed by atoms with Gasteiger partial charge in [-0.15, -0.1) is 0 Å². The summed E-state index contributed by atoms with van der Waals surface area (Å²) in [6.07, 6.45) is 0. The average Bonchev–Trinajstić information content (AvgIpc) is 2.35. The summed E-state index contributed by atoms with van der Waals surface area (Å²) in [6, 6.07) is 6.74. The molecule has 0 atom stereocenters. The van der Waals surface area contributed by atoms with Crippen LogP contribution in [-0.2, 0) is 19.6 Å². The lowest BCUT2D eigenvalue weighted by Gasteiger charge is -2.22. The highest BCUT2D eigenvalue weighted by molar-refractivity contribution is 9.10. The number of methoxy groups -OCH3 is 1. The van der Waals surface area contributed by atoms with Crippen LogP contribution in [0.5, 0.6) is 0 Å². The Labute approximate surface area is 115 Å². The van der Waals surface area contributed by atoms with Gasteiger partial charge in [0.15, 0.2) is 0 Å². The molecule has 0 spiro atoms. The van der Waals surface area contributed by atoms with Crippen molar-refractivity contribution in [1.29, 1.82) is 0 Å². The number of hydrogen-bond acceptors (Lipinski definition) is 4. The number of sulfonamides is 1. The summed E-state index contributed by atoms with van der Waals surface area (Å²) in [6.45, 7) is 1.20. The molecule has 0 amide bonds. The highest BCUT2D eigenvalue weighted by Gasteiger charge is 2.23. The topological polar surface area (TPSA) is 63.7 Å². The Morgan fingerprint density at radius 3 is 2.61 bits per heavy atom. The summed E-state index contributed by atoms with van der Waals surface area (Å²) in [5.74, 6) is -0.691. The molecule has 18 heavy (non-hydrogen) atoms. The standard InChI is InChI=1S/C11H14BrNO4S/c1-3-18(15,16)13(8-11(14)17-2)10-6-4-5-9(12)7-10/h4-7H,3,8H2,1-2H3. The number of esters is 1. The maximum atomic E-state index is 12.0. The molecule has 5 nitrogen and oxygen atoms in total. The van der Waals surface area contributed by atoms with Crippen molar-refractivity contribution < 1.29 is 17.9 Å². The molecule has 1 rings (SSSR count). The molecule has 7 heteroatoms. The van der Waals surface area contributed by atoms with Crippen LogP contribution in [-0.4, -0.2) is 33.8 Å². The van der Waals surface area contributed by atoms with Gasteiger partial charge in [0.25, 0.3) is 0 Å². The van der Waals surface area contributed by atoms with Gasteiger partial charge in [0.1, 0.15) is 6.54 Å². The van der Waals surface area contributed by atoms with Gasteiger partial charge in [-0.2, -0.15) is 0 Å². The van der Waals surface area contributed by atoms with Crippen LogP contribution in [0.1, 0.15) is 6.92 Å². The molecular formula is C11H14BrNO4S. The van der Waals surface area contributed by atoms with E-state index in [1.807, 2.05) is 0 Å². The van der Waals surface area contributed by atoms with E-state index in [1.165, 1.54) is 14.0 Å². The maximum absolute atomic E-state index is 12.0. The zero-order valence-electron chi connectivity index (χ0n) is 10.1. The third-order valence-corrected chi connectivity index (χ3v) is 4.53. The molecule has 0 saturated carbocycles. The number of nitrogens with zero attached hydrogens (tertiary/aromatic N) is 1. The van der Waals surface area contributed by atoms with E-state index in [2.05, 4.69) is 20.7 Å². The fraction of sp³-hybridized carbons (Fsp3) is 0.364. The minimum absolute atomic E-state index is 0.0868. The fourth-order valence-corrected chi connectivity index (χ4v) is 2.75. The SMILES string of the molecule is CCS(=O)(=O)N(CC(=O)OC)c1cccc(Br)c1. The van der Waals surface area contributed by atoms with Gasteiger partial charge in [-0.1, -0.05) is 22.0 Å². The van der Waals surface area contributed by atoms with Crippen molar-refractivity contribution in [3.63, 3.8) is 0 Å². The van der Waals surface area contributed by atoms with Gasteiger partial charge in [-0.05, 0) is 25.1 Å². The normalized spacial score (nSPS) is 11.1. The molecule has 0 heterocycles. The van der Waals surface area contributed by atoms with Crippen LogP contribution >= 0.6 is 15.9 Å². The van der Waals surface area contributed by atoms with Gasteiger partial charge < -0.3 is 4.74 Å². The van der Waals surface area contributed by atoms with Crippen molar-refractivity contribution in [2.24, 2.45) is 0 Å². The Hall–Kier alpha value is -1.08. The largest absolute Gasteiger partial charge is 0.468 e. The first kappa shape index (κ1) is 15.0. The Kier molecular flexibility index (Phi) is 5.15. The molecule has 0 bridgehead atoms. The van der Waals surface area contributed by atoms with Crippen LogP contribution in [0.3, 0.4) is 0 Å². The first-order chi connectivity index (χ1) is 8.40. The highest BCUT2D eigenvalue weighted by atomic mass is 79.9. The predicted molar refractivity (Wildman–Crippen MR) is 73.0 cm³/mol. The summed E-state index contributed by atoms with van der Waals surface area (Å²) in [5, 5.41) is 0. The third-order valence-electron chi connectivity index (χ3n) is 2.30. The smallest absolute Gasteiger partial charge is 0.326 e. The number of rotatable bonds is 5. The summed E-state index contributed by atoms with van der Waals surface area (Å²) >= 11 is 3.26. The number of ether oxygens (including phenoxy) is 1. The fourth-order valence-electron chi connectivity index (χ4n) is 1.32. The predicted octanol–water partition coefficient (Wildman–Crippen LogP) is 1.78. The second-order valence-electron chi connectivity index (χ2n) is 3.46. The minimum atomic E-state index is -3.52. The first-order valence-electron chi connectivity index (χ1n) is 5.23. The van der Waals surface area contributed by atoms with Gasteiger partial charge in [-0.3, -0.25) is 9.10 Å². The zero-order valence-corrected chi connectivity index (χ0v) is 12.5. The van der Waals surface area contributed by atoms with Gasteiger partial charge >= 0.3 is 5.97 Å². The van der Waals surface area contributed by atoms with E-state index in [9.17, 15) is 13.2 Å². The molecule has 0 unspecified atom stereocenters. The van der Waals surface area contributed by atoms with Crippen LogP contribution in [0.15, 0.2) is 28.7 Å². The summed E-state index contributed by atoms with van der Waals surface area (Å²) < 4.78 is 30.2. The van der Waals surface area contributed by atoms with Crippen molar-refractivity contribution >= 4 is 37.6 Å². The van der Waals surface area contributed by atoms with Gasteiger partial charge in [0, 0.05) is 4.47 Å². The second kappa shape index (κ2) is 6.19. The molecule has 0 aromatic heterocycles. The molecule has 0 aliphatic heterocycles. The maximum Gasteiger partial charge on any atom is 0.326 e. The number of halogens is 1. The van der Waals surface area contributed by atoms with E-state index in [-0.39, 0.29) is 12.3 Å². The van der Waals surface area contributed by atoms with Crippen LogP contribution in [0.25, 0.3) is 0 Å².